The van der Waals surface area contributed by atoms with Crippen LogP contribution >= 0.6 is 11.6 Å². The van der Waals surface area contributed by atoms with Gasteiger partial charge in [0.15, 0.2) is 0 Å². The van der Waals surface area contributed by atoms with E-state index >= 15 is 0 Å². The Balaban J connectivity index is 2.89. The molecule has 0 aliphatic heterocycles. The third-order valence-electron chi connectivity index (χ3n) is 1.77. The van der Waals surface area contributed by atoms with Crippen LogP contribution in [-0.4, -0.2) is 11.9 Å². The molecule has 1 rings (SSSR count). The van der Waals surface area contributed by atoms with Crippen molar-refractivity contribution < 1.29 is 4.79 Å². The lowest BCUT2D eigenvalue weighted by atomic mass is 10.2. The van der Waals surface area contributed by atoms with Crippen molar-refractivity contribution in [2.75, 3.05) is 5.32 Å². The molecule has 0 fully saturated rings. The maximum absolute atomic E-state index is 11.3. The zero-order valence-electron chi connectivity index (χ0n) is 8.12. The summed E-state index contributed by atoms with van der Waals surface area (Å²) in [7, 11) is 0. The number of nitrogens with zero attached hydrogens (tertiary/aromatic N) is 1. The second kappa shape index (κ2) is 4.78. The zero-order valence-corrected chi connectivity index (χ0v) is 8.88. The Hall–Kier alpha value is -1.57. The summed E-state index contributed by atoms with van der Waals surface area (Å²) < 4.78 is 0. The average molecular weight is 224 g/mol. The quantitative estimate of drug-likeness (QED) is 0.798. The van der Waals surface area contributed by atoms with E-state index in [1.54, 1.807) is 19.1 Å². The average Bonchev–Trinajstić information content (AvgIpc) is 2.20. The number of amides is 1. The molecule has 0 spiro atoms. The third kappa shape index (κ3) is 2.94. The molecule has 5 heteroatoms. The molecule has 0 aliphatic rings. The largest absolute Gasteiger partial charge is 0.323 e. The normalized spacial score (nSPS) is 11.6. The van der Waals surface area contributed by atoms with Crippen LogP contribution in [0.1, 0.15) is 12.5 Å². The number of hydrogen-bond acceptors (Lipinski definition) is 3. The molecule has 1 atom stereocenters. The number of halogens is 1. The van der Waals surface area contributed by atoms with Gasteiger partial charge in [0, 0.05) is 0 Å². The molecule has 1 amide bonds. The van der Waals surface area contributed by atoms with Gasteiger partial charge in [-0.15, -0.1) is 0 Å². The molecule has 1 aromatic carbocycles. The SMILES string of the molecule is C[C@@H](N)C(=O)Nc1ccc(C#N)cc1Cl. The van der Waals surface area contributed by atoms with E-state index < -0.39 is 6.04 Å². The Morgan fingerprint density at radius 1 is 1.67 bits per heavy atom. The molecule has 0 unspecified atom stereocenters. The first-order valence-corrected chi connectivity index (χ1v) is 4.68. The number of nitriles is 1. The summed E-state index contributed by atoms with van der Waals surface area (Å²) in [6.07, 6.45) is 0. The Morgan fingerprint density at radius 3 is 2.80 bits per heavy atom. The van der Waals surface area contributed by atoms with Crippen molar-refractivity contribution in [3.05, 3.63) is 28.8 Å². The highest BCUT2D eigenvalue weighted by Crippen LogP contribution is 2.22. The highest BCUT2D eigenvalue weighted by molar-refractivity contribution is 6.33. The van der Waals surface area contributed by atoms with Gasteiger partial charge in [-0.3, -0.25) is 4.79 Å². The number of rotatable bonds is 2. The topological polar surface area (TPSA) is 78.9 Å². The van der Waals surface area contributed by atoms with Crippen LogP contribution in [-0.2, 0) is 4.79 Å². The van der Waals surface area contributed by atoms with Crippen molar-refractivity contribution in [3.8, 4) is 6.07 Å². The van der Waals surface area contributed by atoms with E-state index in [2.05, 4.69) is 5.32 Å². The second-order valence-electron chi connectivity index (χ2n) is 3.08. The van der Waals surface area contributed by atoms with Gasteiger partial charge in [-0.25, -0.2) is 0 Å². The highest BCUT2D eigenvalue weighted by Gasteiger charge is 2.09. The van der Waals surface area contributed by atoms with Crippen LogP contribution in [0.25, 0.3) is 0 Å². The summed E-state index contributed by atoms with van der Waals surface area (Å²) in [5.41, 5.74) is 6.28. The maximum atomic E-state index is 11.3. The number of hydrogen-bond donors (Lipinski definition) is 2. The van der Waals surface area contributed by atoms with E-state index in [1.807, 2.05) is 6.07 Å². The molecule has 0 bridgehead atoms. The lowest BCUT2D eigenvalue weighted by molar-refractivity contribution is -0.117. The molecule has 0 saturated heterocycles. The molecule has 0 saturated carbocycles. The fourth-order valence-electron chi connectivity index (χ4n) is 0.933. The van der Waals surface area contributed by atoms with E-state index in [4.69, 9.17) is 22.6 Å². The van der Waals surface area contributed by atoms with Crippen LogP contribution in [0.2, 0.25) is 5.02 Å². The van der Waals surface area contributed by atoms with Gasteiger partial charge in [0.1, 0.15) is 0 Å². The zero-order chi connectivity index (χ0) is 11.4. The van der Waals surface area contributed by atoms with Crippen LogP contribution in [0.4, 0.5) is 5.69 Å². The number of benzene rings is 1. The van der Waals surface area contributed by atoms with Crippen molar-refractivity contribution in [3.63, 3.8) is 0 Å². The highest BCUT2D eigenvalue weighted by atomic mass is 35.5. The predicted molar refractivity (Wildman–Crippen MR) is 58.4 cm³/mol. The van der Waals surface area contributed by atoms with Crippen LogP contribution in [0.3, 0.4) is 0 Å². The molecule has 3 N–H and O–H groups in total. The molecule has 1 aromatic rings. The van der Waals surface area contributed by atoms with Crippen molar-refractivity contribution >= 4 is 23.2 Å². The summed E-state index contributed by atoms with van der Waals surface area (Å²) in [4.78, 5) is 11.3. The van der Waals surface area contributed by atoms with Crippen LogP contribution in [0.5, 0.6) is 0 Å². The minimum atomic E-state index is -0.600. The maximum Gasteiger partial charge on any atom is 0.241 e. The van der Waals surface area contributed by atoms with Crippen LogP contribution in [0.15, 0.2) is 18.2 Å². The van der Waals surface area contributed by atoms with Gasteiger partial charge < -0.3 is 11.1 Å². The summed E-state index contributed by atoms with van der Waals surface area (Å²) in [6.45, 7) is 1.58. The molecule has 15 heavy (non-hydrogen) atoms. The first-order valence-electron chi connectivity index (χ1n) is 4.30. The predicted octanol–water partition coefficient (Wildman–Crippen LogP) is 1.50. The van der Waals surface area contributed by atoms with E-state index in [0.29, 0.717) is 16.3 Å². The smallest absolute Gasteiger partial charge is 0.241 e. The molecular weight excluding hydrogens is 214 g/mol. The molecule has 0 heterocycles. The lowest BCUT2D eigenvalue weighted by Gasteiger charge is -2.09. The third-order valence-corrected chi connectivity index (χ3v) is 2.08. The van der Waals surface area contributed by atoms with Gasteiger partial charge in [0.2, 0.25) is 5.91 Å². The number of carbonyl (C=O) groups excluding carboxylic acids is 1. The summed E-state index contributed by atoms with van der Waals surface area (Å²) in [6, 6.07) is 5.98. The molecule has 0 aromatic heterocycles. The Labute approximate surface area is 92.6 Å². The summed E-state index contributed by atoms with van der Waals surface area (Å²) in [5.74, 6) is -0.318. The molecule has 0 radical (unpaired) electrons. The minimum Gasteiger partial charge on any atom is -0.323 e. The fourth-order valence-corrected chi connectivity index (χ4v) is 1.16. The first kappa shape index (κ1) is 11.5. The second-order valence-corrected chi connectivity index (χ2v) is 3.49. The number of carbonyl (C=O) groups is 1. The van der Waals surface area contributed by atoms with Crippen molar-refractivity contribution in [2.45, 2.75) is 13.0 Å². The number of anilines is 1. The van der Waals surface area contributed by atoms with E-state index in [1.165, 1.54) is 6.07 Å². The fraction of sp³-hybridized carbons (Fsp3) is 0.200. The molecule has 4 nitrogen and oxygen atoms in total. The minimum absolute atomic E-state index is 0.318. The van der Waals surface area contributed by atoms with E-state index in [-0.39, 0.29) is 5.91 Å². The lowest BCUT2D eigenvalue weighted by Crippen LogP contribution is -2.32. The molecule has 0 aliphatic carbocycles. The Morgan fingerprint density at radius 2 is 2.33 bits per heavy atom. The standard InChI is InChI=1S/C10H10ClN3O/c1-6(13)10(15)14-9-3-2-7(5-12)4-8(9)11/h2-4,6H,13H2,1H3,(H,14,15)/t6-/m1/s1. The number of nitrogens with two attached hydrogens (primary N) is 1. The van der Waals surface area contributed by atoms with Gasteiger partial charge in [-0.05, 0) is 25.1 Å². The van der Waals surface area contributed by atoms with Gasteiger partial charge >= 0.3 is 0 Å². The Kier molecular flexibility index (Phi) is 3.67. The van der Waals surface area contributed by atoms with E-state index in [9.17, 15) is 4.79 Å². The summed E-state index contributed by atoms with van der Waals surface area (Å²) in [5, 5.41) is 11.5. The van der Waals surface area contributed by atoms with E-state index in [0.717, 1.165) is 0 Å². The van der Waals surface area contributed by atoms with Crippen LogP contribution in [0, 0.1) is 11.3 Å². The monoisotopic (exact) mass is 223 g/mol. The van der Waals surface area contributed by atoms with Crippen molar-refractivity contribution in [1.82, 2.24) is 0 Å². The Bertz CT molecular complexity index is 423. The molecular formula is C10H10ClN3O. The number of nitrogens with one attached hydrogen (secondary N) is 1. The van der Waals surface area contributed by atoms with Crippen molar-refractivity contribution in [1.29, 1.82) is 5.26 Å². The molecule has 78 valence electrons. The first-order chi connectivity index (χ1) is 7.04. The summed E-state index contributed by atoms with van der Waals surface area (Å²) >= 11 is 5.85. The van der Waals surface area contributed by atoms with Crippen molar-refractivity contribution in [2.24, 2.45) is 5.73 Å². The van der Waals surface area contributed by atoms with Gasteiger partial charge in [-0.1, -0.05) is 11.6 Å². The van der Waals surface area contributed by atoms with Gasteiger partial charge in [-0.2, -0.15) is 5.26 Å². The van der Waals surface area contributed by atoms with Gasteiger partial charge in [0.05, 0.1) is 28.4 Å². The van der Waals surface area contributed by atoms with Gasteiger partial charge in [0.25, 0.3) is 0 Å². The van der Waals surface area contributed by atoms with Crippen LogP contribution < -0.4 is 11.1 Å².